The third-order valence-corrected chi connectivity index (χ3v) is 3.73. The number of carboxylic acid groups (broad SMARTS) is 1. The topological polar surface area (TPSA) is 98.3 Å². The van der Waals surface area contributed by atoms with E-state index in [0.717, 1.165) is 32.4 Å². The second-order valence-electron chi connectivity index (χ2n) is 4.76. The Kier molecular flexibility index (Phi) is 3.52. The number of nitrogens with zero attached hydrogens (tertiary/aromatic N) is 2. The van der Waals surface area contributed by atoms with Crippen molar-refractivity contribution in [1.29, 1.82) is 0 Å². The molecule has 0 radical (unpaired) electrons. The van der Waals surface area contributed by atoms with Gasteiger partial charge in [0.2, 0.25) is 5.43 Å². The molecule has 1 fully saturated rings. The Labute approximate surface area is 124 Å². The number of carboxylic acids is 1. The number of halogens is 1. The van der Waals surface area contributed by atoms with Gasteiger partial charge in [0.25, 0.3) is 0 Å². The quantitative estimate of drug-likeness (QED) is 0.755. The molecule has 8 heteroatoms. The van der Waals surface area contributed by atoms with Crippen molar-refractivity contribution in [2.75, 3.05) is 31.1 Å². The van der Waals surface area contributed by atoms with Crippen molar-refractivity contribution in [2.45, 2.75) is 0 Å². The maximum Gasteiger partial charge on any atom is 0.341 e. The van der Waals surface area contributed by atoms with Crippen molar-refractivity contribution in [1.82, 2.24) is 15.3 Å². The summed E-state index contributed by atoms with van der Waals surface area (Å²) in [4.78, 5) is 32.2. The number of hydrogen-bond acceptors (Lipinski definition) is 5. The predicted molar refractivity (Wildman–Crippen MR) is 79.4 cm³/mol. The minimum Gasteiger partial charge on any atom is -0.477 e. The van der Waals surface area contributed by atoms with Gasteiger partial charge in [-0.25, -0.2) is 9.78 Å². The van der Waals surface area contributed by atoms with Gasteiger partial charge in [0.05, 0.1) is 10.4 Å². The number of H-pyrrole nitrogens is 1. The lowest BCUT2D eigenvalue weighted by molar-refractivity contribution is 0.0695. The lowest BCUT2D eigenvalue weighted by atomic mass is 10.2. The molecule has 7 nitrogen and oxygen atoms in total. The van der Waals surface area contributed by atoms with Crippen molar-refractivity contribution in [3.05, 3.63) is 33.1 Å². The first kappa shape index (κ1) is 13.8. The second-order valence-corrected chi connectivity index (χ2v) is 5.17. The van der Waals surface area contributed by atoms with Crippen LogP contribution < -0.4 is 15.6 Å². The molecule has 3 N–H and O–H groups in total. The molecule has 21 heavy (non-hydrogen) atoms. The summed E-state index contributed by atoms with van der Waals surface area (Å²) in [5.41, 5.74) is -0.573. The fourth-order valence-corrected chi connectivity index (χ4v) is 2.64. The monoisotopic (exact) mass is 308 g/mol. The summed E-state index contributed by atoms with van der Waals surface area (Å²) in [5, 5.41) is 12.7. The molecule has 0 unspecified atom stereocenters. The molecular weight excluding hydrogens is 296 g/mol. The Morgan fingerprint density at radius 3 is 2.76 bits per heavy atom. The average Bonchev–Trinajstić information content (AvgIpc) is 2.48. The van der Waals surface area contributed by atoms with Crippen LogP contribution in [0.25, 0.3) is 11.0 Å². The highest BCUT2D eigenvalue weighted by Crippen LogP contribution is 2.26. The zero-order valence-electron chi connectivity index (χ0n) is 11.0. The SMILES string of the molecule is O=C(O)c1c[nH]c2nc(N3CCNCC3)c(Cl)cc2c1=O. The van der Waals surface area contributed by atoms with Gasteiger partial charge in [-0.3, -0.25) is 4.79 Å². The fraction of sp³-hybridized carbons (Fsp3) is 0.308. The summed E-state index contributed by atoms with van der Waals surface area (Å²) in [6, 6.07) is 1.48. The van der Waals surface area contributed by atoms with Crippen molar-refractivity contribution < 1.29 is 9.90 Å². The molecule has 1 aliphatic heterocycles. The number of anilines is 1. The number of aromatic amines is 1. The van der Waals surface area contributed by atoms with Crippen LogP contribution in [-0.2, 0) is 0 Å². The zero-order chi connectivity index (χ0) is 15.0. The highest BCUT2D eigenvalue weighted by atomic mass is 35.5. The normalized spacial score (nSPS) is 15.4. The first-order valence-corrected chi connectivity index (χ1v) is 6.86. The molecule has 110 valence electrons. The van der Waals surface area contributed by atoms with Crippen LogP contribution in [0.4, 0.5) is 5.82 Å². The van der Waals surface area contributed by atoms with Gasteiger partial charge in [-0.15, -0.1) is 0 Å². The van der Waals surface area contributed by atoms with Crippen LogP contribution in [0.1, 0.15) is 10.4 Å². The first-order chi connectivity index (χ1) is 10.1. The van der Waals surface area contributed by atoms with Crippen LogP contribution in [0.3, 0.4) is 0 Å². The van der Waals surface area contributed by atoms with E-state index in [9.17, 15) is 9.59 Å². The van der Waals surface area contributed by atoms with E-state index >= 15 is 0 Å². The second kappa shape index (κ2) is 5.34. The molecule has 0 amide bonds. The van der Waals surface area contributed by atoms with Crippen LogP contribution in [-0.4, -0.2) is 47.2 Å². The minimum absolute atomic E-state index is 0.179. The van der Waals surface area contributed by atoms with Crippen molar-refractivity contribution >= 4 is 34.4 Å². The van der Waals surface area contributed by atoms with Crippen molar-refractivity contribution in [3.8, 4) is 0 Å². The number of aromatic carboxylic acids is 1. The van der Waals surface area contributed by atoms with Gasteiger partial charge in [-0.05, 0) is 6.07 Å². The van der Waals surface area contributed by atoms with E-state index in [1.165, 1.54) is 6.07 Å². The Hall–Kier alpha value is -2.12. The Balaban J connectivity index is 2.14. The number of carbonyl (C=O) groups is 1. The summed E-state index contributed by atoms with van der Waals surface area (Å²) in [7, 11) is 0. The van der Waals surface area contributed by atoms with Gasteiger partial charge in [-0.1, -0.05) is 11.6 Å². The van der Waals surface area contributed by atoms with Gasteiger partial charge in [-0.2, -0.15) is 0 Å². The van der Waals surface area contributed by atoms with Gasteiger partial charge < -0.3 is 20.3 Å². The van der Waals surface area contributed by atoms with Gasteiger partial charge in [0, 0.05) is 32.4 Å². The van der Waals surface area contributed by atoms with Gasteiger partial charge >= 0.3 is 5.97 Å². The first-order valence-electron chi connectivity index (χ1n) is 6.49. The molecule has 3 rings (SSSR count). The summed E-state index contributed by atoms with van der Waals surface area (Å²) in [5.74, 6) is -0.676. The highest BCUT2D eigenvalue weighted by molar-refractivity contribution is 6.33. The molecule has 1 aliphatic rings. The van der Waals surface area contributed by atoms with Crippen LogP contribution in [0.5, 0.6) is 0 Å². The van der Waals surface area contributed by atoms with Crippen molar-refractivity contribution in [3.63, 3.8) is 0 Å². The predicted octanol–water partition coefficient (Wildman–Crippen LogP) is 0.684. The summed E-state index contributed by atoms with van der Waals surface area (Å²) >= 11 is 6.22. The Morgan fingerprint density at radius 1 is 1.38 bits per heavy atom. The van der Waals surface area contributed by atoms with Crippen LogP contribution >= 0.6 is 11.6 Å². The lowest BCUT2D eigenvalue weighted by Gasteiger charge is -2.29. The smallest absolute Gasteiger partial charge is 0.341 e. The molecule has 0 saturated carbocycles. The van der Waals surface area contributed by atoms with Crippen molar-refractivity contribution in [2.24, 2.45) is 0 Å². The third-order valence-electron chi connectivity index (χ3n) is 3.45. The highest BCUT2D eigenvalue weighted by Gasteiger charge is 2.18. The summed E-state index contributed by atoms with van der Waals surface area (Å²) < 4.78 is 0. The number of aromatic nitrogens is 2. The van der Waals surface area contributed by atoms with E-state index in [4.69, 9.17) is 16.7 Å². The molecule has 0 atom stereocenters. The zero-order valence-corrected chi connectivity index (χ0v) is 11.8. The average molecular weight is 309 g/mol. The third kappa shape index (κ3) is 2.45. The molecule has 0 spiro atoms. The van der Waals surface area contributed by atoms with Crippen LogP contribution in [0.2, 0.25) is 5.02 Å². The number of hydrogen-bond donors (Lipinski definition) is 3. The van der Waals surface area contributed by atoms with E-state index in [1.807, 2.05) is 4.90 Å². The maximum atomic E-state index is 12.1. The fourth-order valence-electron chi connectivity index (χ4n) is 2.37. The molecular formula is C13H13ClN4O3. The van der Waals surface area contributed by atoms with E-state index in [0.29, 0.717) is 16.5 Å². The molecule has 1 saturated heterocycles. The summed E-state index contributed by atoms with van der Waals surface area (Å²) in [6.07, 6.45) is 1.16. The minimum atomic E-state index is -1.28. The molecule has 3 heterocycles. The molecule has 2 aromatic heterocycles. The van der Waals surface area contributed by atoms with Crippen LogP contribution in [0.15, 0.2) is 17.1 Å². The lowest BCUT2D eigenvalue weighted by Crippen LogP contribution is -2.44. The van der Waals surface area contributed by atoms with Gasteiger partial charge in [0.1, 0.15) is 17.0 Å². The molecule has 0 bridgehead atoms. The largest absolute Gasteiger partial charge is 0.477 e. The Morgan fingerprint density at radius 2 is 2.10 bits per heavy atom. The number of fused-ring (bicyclic) bond motifs is 1. The number of rotatable bonds is 2. The molecule has 2 aromatic rings. The molecule has 0 aromatic carbocycles. The number of nitrogens with one attached hydrogen (secondary N) is 2. The number of pyridine rings is 2. The maximum absolute atomic E-state index is 12.1. The van der Waals surface area contributed by atoms with E-state index in [-0.39, 0.29) is 10.9 Å². The standard InChI is InChI=1S/C13H13ClN4O3/c14-9-5-7-10(19)8(13(20)21)6-16-11(7)17-12(9)18-3-1-15-2-4-18/h5-6,15H,1-4H2,(H,20,21)(H,16,17,19). The van der Waals surface area contributed by atoms with Gasteiger partial charge in [0.15, 0.2) is 0 Å². The Bertz CT molecular complexity index is 768. The van der Waals surface area contributed by atoms with E-state index in [2.05, 4.69) is 15.3 Å². The summed E-state index contributed by atoms with van der Waals surface area (Å²) in [6.45, 7) is 3.22. The number of piperazine rings is 1. The van der Waals surface area contributed by atoms with E-state index in [1.54, 1.807) is 0 Å². The van der Waals surface area contributed by atoms with E-state index < -0.39 is 11.4 Å². The molecule has 0 aliphatic carbocycles. The van der Waals surface area contributed by atoms with Crippen LogP contribution in [0, 0.1) is 0 Å².